The highest BCUT2D eigenvalue weighted by atomic mass is 79.9. The molecule has 15 heavy (non-hydrogen) atoms. The Labute approximate surface area is 96.9 Å². The molecule has 0 saturated carbocycles. The van der Waals surface area contributed by atoms with Gasteiger partial charge >= 0.3 is 0 Å². The minimum atomic E-state index is -0.117. The van der Waals surface area contributed by atoms with Gasteiger partial charge in [-0.2, -0.15) is 0 Å². The molecule has 0 aliphatic heterocycles. The fraction of sp³-hybridized carbons (Fsp3) is 0.300. The number of hydrogen-bond donors (Lipinski definition) is 2. The lowest BCUT2D eigenvalue weighted by atomic mass is 10.2. The summed E-state index contributed by atoms with van der Waals surface area (Å²) < 4.78 is 6.42. The first-order valence-electron chi connectivity index (χ1n) is 4.49. The topological polar surface area (TPSA) is 67.8 Å². The number of nitrogens with zero attached hydrogens (tertiary/aromatic N) is 1. The summed E-state index contributed by atoms with van der Waals surface area (Å²) in [5, 5.41) is 11.4. The zero-order valence-electron chi connectivity index (χ0n) is 8.35. The van der Waals surface area contributed by atoms with Gasteiger partial charge in [0, 0.05) is 4.47 Å². The molecule has 5 heteroatoms. The van der Waals surface area contributed by atoms with E-state index in [0.717, 1.165) is 10.2 Å². The van der Waals surface area contributed by atoms with E-state index in [2.05, 4.69) is 21.1 Å². The Balaban J connectivity index is 2.50. The standard InChI is InChI=1S/C10H13BrN2O2/c1-7(10(12)13-14)6-15-9-4-2-3-8(11)5-9/h2-5,7,14H,6H2,1H3,(H2,12,13). The average molecular weight is 273 g/mol. The maximum atomic E-state index is 8.45. The third-order valence-corrected chi connectivity index (χ3v) is 2.41. The fourth-order valence-electron chi connectivity index (χ4n) is 0.962. The van der Waals surface area contributed by atoms with E-state index in [1.54, 1.807) is 0 Å². The molecule has 0 spiro atoms. The molecule has 0 radical (unpaired) electrons. The van der Waals surface area contributed by atoms with Crippen LogP contribution in [0.1, 0.15) is 6.92 Å². The van der Waals surface area contributed by atoms with Crippen LogP contribution in [-0.2, 0) is 0 Å². The molecule has 3 N–H and O–H groups in total. The number of rotatable bonds is 4. The van der Waals surface area contributed by atoms with Crippen molar-refractivity contribution in [3.05, 3.63) is 28.7 Å². The largest absolute Gasteiger partial charge is 0.493 e. The van der Waals surface area contributed by atoms with Crippen molar-refractivity contribution >= 4 is 21.8 Å². The Hall–Kier alpha value is -1.23. The zero-order chi connectivity index (χ0) is 11.3. The number of amidine groups is 1. The Bertz CT molecular complexity index is 355. The lowest BCUT2D eigenvalue weighted by Gasteiger charge is -2.11. The predicted molar refractivity (Wildman–Crippen MR) is 62.2 cm³/mol. The minimum absolute atomic E-state index is 0.117. The monoisotopic (exact) mass is 272 g/mol. The van der Waals surface area contributed by atoms with Crippen molar-refractivity contribution in [1.29, 1.82) is 0 Å². The Morgan fingerprint density at radius 2 is 2.40 bits per heavy atom. The molecule has 0 aliphatic carbocycles. The molecule has 1 aromatic rings. The second-order valence-electron chi connectivity index (χ2n) is 3.19. The van der Waals surface area contributed by atoms with E-state index >= 15 is 0 Å². The van der Waals surface area contributed by atoms with Crippen LogP contribution in [0.4, 0.5) is 0 Å². The van der Waals surface area contributed by atoms with Crippen molar-refractivity contribution in [1.82, 2.24) is 0 Å². The first-order valence-corrected chi connectivity index (χ1v) is 5.28. The van der Waals surface area contributed by atoms with E-state index in [0.29, 0.717) is 6.61 Å². The van der Waals surface area contributed by atoms with Gasteiger partial charge < -0.3 is 15.7 Å². The third-order valence-electron chi connectivity index (χ3n) is 1.92. The molecule has 1 atom stereocenters. The normalized spacial score (nSPS) is 13.6. The molecule has 1 rings (SSSR count). The first-order chi connectivity index (χ1) is 7.13. The van der Waals surface area contributed by atoms with Gasteiger partial charge in [0.2, 0.25) is 0 Å². The summed E-state index contributed by atoms with van der Waals surface area (Å²) in [5.41, 5.74) is 5.42. The van der Waals surface area contributed by atoms with Gasteiger partial charge in [-0.1, -0.05) is 34.1 Å². The number of benzene rings is 1. The maximum Gasteiger partial charge on any atom is 0.145 e. The van der Waals surface area contributed by atoms with Gasteiger partial charge in [-0.3, -0.25) is 0 Å². The summed E-state index contributed by atoms with van der Waals surface area (Å²) in [4.78, 5) is 0. The minimum Gasteiger partial charge on any atom is -0.493 e. The molecule has 4 nitrogen and oxygen atoms in total. The highest BCUT2D eigenvalue weighted by molar-refractivity contribution is 9.10. The first kappa shape index (κ1) is 11.8. The van der Waals surface area contributed by atoms with E-state index in [-0.39, 0.29) is 11.8 Å². The number of oxime groups is 1. The van der Waals surface area contributed by atoms with Crippen LogP contribution in [0.2, 0.25) is 0 Å². The SMILES string of the molecule is CC(COc1cccc(Br)c1)/C(N)=N/O. The van der Waals surface area contributed by atoms with Gasteiger partial charge in [0.05, 0.1) is 12.5 Å². The van der Waals surface area contributed by atoms with Gasteiger partial charge in [-0.25, -0.2) is 0 Å². The quantitative estimate of drug-likeness (QED) is 0.382. The number of halogens is 1. The highest BCUT2D eigenvalue weighted by Gasteiger charge is 2.08. The molecule has 0 bridgehead atoms. The summed E-state index contributed by atoms with van der Waals surface area (Å²) in [6, 6.07) is 7.51. The van der Waals surface area contributed by atoms with Crippen molar-refractivity contribution in [3.8, 4) is 5.75 Å². The summed E-state index contributed by atoms with van der Waals surface area (Å²) in [6.07, 6.45) is 0. The van der Waals surface area contributed by atoms with Crippen LogP contribution in [-0.4, -0.2) is 17.6 Å². The molecule has 1 unspecified atom stereocenters. The molecule has 0 amide bonds. The van der Waals surface area contributed by atoms with Crippen LogP contribution in [0.25, 0.3) is 0 Å². The molecular formula is C10H13BrN2O2. The van der Waals surface area contributed by atoms with Gasteiger partial charge in [0.1, 0.15) is 11.6 Å². The van der Waals surface area contributed by atoms with Crippen LogP contribution >= 0.6 is 15.9 Å². The highest BCUT2D eigenvalue weighted by Crippen LogP contribution is 2.18. The maximum absolute atomic E-state index is 8.45. The van der Waals surface area contributed by atoms with Crippen molar-refractivity contribution in [3.63, 3.8) is 0 Å². The molecule has 0 saturated heterocycles. The number of hydrogen-bond acceptors (Lipinski definition) is 3. The van der Waals surface area contributed by atoms with Gasteiger partial charge in [-0.15, -0.1) is 0 Å². The smallest absolute Gasteiger partial charge is 0.145 e. The van der Waals surface area contributed by atoms with Crippen LogP contribution in [0, 0.1) is 5.92 Å². The van der Waals surface area contributed by atoms with Gasteiger partial charge in [0.25, 0.3) is 0 Å². The lowest BCUT2D eigenvalue weighted by Crippen LogP contribution is -2.26. The molecular weight excluding hydrogens is 260 g/mol. The van der Waals surface area contributed by atoms with Crippen LogP contribution < -0.4 is 10.5 Å². The molecule has 0 fully saturated rings. The predicted octanol–water partition coefficient (Wildman–Crippen LogP) is 2.21. The Morgan fingerprint density at radius 3 is 3.00 bits per heavy atom. The molecule has 0 heterocycles. The second-order valence-corrected chi connectivity index (χ2v) is 4.11. The van der Waals surface area contributed by atoms with E-state index < -0.39 is 0 Å². The summed E-state index contributed by atoms with van der Waals surface area (Å²) >= 11 is 3.34. The Morgan fingerprint density at radius 1 is 1.67 bits per heavy atom. The van der Waals surface area contributed by atoms with Crippen LogP contribution in [0.15, 0.2) is 33.9 Å². The van der Waals surface area contributed by atoms with E-state index in [1.165, 1.54) is 0 Å². The number of ether oxygens (including phenoxy) is 1. The summed E-state index contributed by atoms with van der Waals surface area (Å²) in [6.45, 7) is 2.21. The fourth-order valence-corrected chi connectivity index (χ4v) is 1.34. The van der Waals surface area contributed by atoms with Crippen molar-refractivity contribution in [2.75, 3.05) is 6.61 Å². The zero-order valence-corrected chi connectivity index (χ0v) is 9.94. The molecule has 1 aromatic carbocycles. The summed E-state index contributed by atoms with van der Waals surface area (Å²) in [5.74, 6) is 0.806. The van der Waals surface area contributed by atoms with Gasteiger partial charge in [0.15, 0.2) is 0 Å². The Kier molecular flexibility index (Phi) is 4.42. The van der Waals surface area contributed by atoms with E-state index in [9.17, 15) is 0 Å². The molecule has 82 valence electrons. The average Bonchev–Trinajstić information content (AvgIpc) is 2.25. The van der Waals surface area contributed by atoms with Crippen LogP contribution in [0.5, 0.6) is 5.75 Å². The van der Waals surface area contributed by atoms with Crippen LogP contribution in [0.3, 0.4) is 0 Å². The third kappa shape index (κ3) is 3.79. The van der Waals surface area contributed by atoms with Crippen molar-refractivity contribution in [2.45, 2.75) is 6.92 Å². The van der Waals surface area contributed by atoms with Crippen molar-refractivity contribution < 1.29 is 9.94 Å². The lowest BCUT2D eigenvalue weighted by molar-refractivity contribution is 0.279. The van der Waals surface area contributed by atoms with Crippen molar-refractivity contribution in [2.24, 2.45) is 16.8 Å². The summed E-state index contributed by atoms with van der Waals surface area (Å²) in [7, 11) is 0. The van der Waals surface area contributed by atoms with E-state index in [1.807, 2.05) is 31.2 Å². The second kappa shape index (κ2) is 5.60. The molecule has 0 aliphatic rings. The number of nitrogens with two attached hydrogens (primary N) is 1. The van der Waals surface area contributed by atoms with Gasteiger partial charge in [-0.05, 0) is 18.2 Å². The molecule has 0 aromatic heterocycles. The van der Waals surface area contributed by atoms with E-state index in [4.69, 9.17) is 15.7 Å².